The molecule has 23 heavy (non-hydrogen) atoms. The Bertz CT molecular complexity index is 643. The summed E-state index contributed by atoms with van der Waals surface area (Å²) < 4.78 is 25.4. The van der Waals surface area contributed by atoms with E-state index in [1.54, 1.807) is 31.2 Å². The fraction of sp³-hybridized carbons (Fsp3) is 0.562. The topological polar surface area (TPSA) is 92.5 Å². The van der Waals surface area contributed by atoms with E-state index < -0.39 is 10.0 Å². The fourth-order valence-corrected chi connectivity index (χ4v) is 3.41. The number of nitrogens with two attached hydrogens (primary N) is 1. The number of carbonyl (C=O) groups is 1. The van der Waals surface area contributed by atoms with Crippen LogP contribution in [0.5, 0.6) is 0 Å². The molecule has 1 aromatic carbocycles. The summed E-state index contributed by atoms with van der Waals surface area (Å²) in [5.41, 5.74) is 7.15. The summed E-state index contributed by atoms with van der Waals surface area (Å²) in [5.74, 6) is 0.435. The highest BCUT2D eigenvalue weighted by Gasteiger charge is 2.31. The van der Waals surface area contributed by atoms with Gasteiger partial charge in [-0.15, -0.1) is 0 Å². The molecule has 7 heteroatoms. The zero-order valence-electron chi connectivity index (χ0n) is 13.7. The van der Waals surface area contributed by atoms with Crippen molar-refractivity contribution in [3.05, 3.63) is 35.4 Å². The molecule has 1 saturated heterocycles. The summed E-state index contributed by atoms with van der Waals surface area (Å²) in [6, 6.07) is 7.27. The zero-order chi connectivity index (χ0) is 17.0. The Morgan fingerprint density at radius 3 is 2.52 bits per heavy atom. The number of amides is 1. The number of sulfonamides is 1. The van der Waals surface area contributed by atoms with E-state index in [0.717, 1.165) is 12.0 Å². The summed E-state index contributed by atoms with van der Waals surface area (Å²) >= 11 is 0. The van der Waals surface area contributed by atoms with Crippen molar-refractivity contribution < 1.29 is 13.2 Å². The van der Waals surface area contributed by atoms with Gasteiger partial charge in [-0.05, 0) is 50.4 Å². The predicted molar refractivity (Wildman–Crippen MR) is 90.4 cm³/mol. The lowest BCUT2D eigenvalue weighted by molar-refractivity contribution is 0.0743. The molecule has 0 bridgehead atoms. The second-order valence-electron chi connectivity index (χ2n) is 6.07. The van der Waals surface area contributed by atoms with Gasteiger partial charge in [-0.1, -0.05) is 12.1 Å². The van der Waals surface area contributed by atoms with E-state index in [0.29, 0.717) is 24.6 Å². The van der Waals surface area contributed by atoms with Crippen molar-refractivity contribution in [1.29, 1.82) is 0 Å². The normalized spacial score (nSPS) is 21.6. The molecule has 0 spiro atoms. The van der Waals surface area contributed by atoms with Crippen LogP contribution in [-0.2, 0) is 16.6 Å². The summed E-state index contributed by atoms with van der Waals surface area (Å²) in [6.07, 6.45) is 0.944. The molecule has 0 aliphatic carbocycles. The van der Waals surface area contributed by atoms with Gasteiger partial charge in [-0.2, -0.15) is 0 Å². The lowest BCUT2D eigenvalue weighted by Crippen LogP contribution is -2.34. The fourth-order valence-electron chi connectivity index (χ4n) is 2.82. The van der Waals surface area contributed by atoms with Crippen LogP contribution in [0.2, 0.25) is 0 Å². The second-order valence-corrected chi connectivity index (χ2v) is 8.16. The average molecular weight is 339 g/mol. The van der Waals surface area contributed by atoms with Crippen molar-refractivity contribution in [2.75, 3.05) is 18.8 Å². The number of hydrogen-bond donors (Lipinski definition) is 2. The number of nitrogens with zero attached hydrogens (tertiary/aromatic N) is 1. The van der Waals surface area contributed by atoms with E-state index in [9.17, 15) is 13.2 Å². The summed E-state index contributed by atoms with van der Waals surface area (Å²) in [4.78, 5) is 14.4. The molecule has 0 saturated carbocycles. The summed E-state index contributed by atoms with van der Waals surface area (Å²) in [7, 11) is -3.21. The Morgan fingerprint density at radius 2 is 2.00 bits per heavy atom. The predicted octanol–water partition coefficient (Wildman–Crippen LogP) is 0.935. The third kappa shape index (κ3) is 4.53. The van der Waals surface area contributed by atoms with Crippen molar-refractivity contribution in [2.45, 2.75) is 32.9 Å². The second kappa shape index (κ2) is 7.42. The van der Waals surface area contributed by atoms with Crippen LogP contribution in [-0.4, -0.2) is 44.1 Å². The van der Waals surface area contributed by atoms with Gasteiger partial charge in [0.25, 0.3) is 5.91 Å². The molecular weight excluding hydrogens is 314 g/mol. The van der Waals surface area contributed by atoms with Gasteiger partial charge in [0, 0.05) is 24.7 Å². The van der Waals surface area contributed by atoms with E-state index in [2.05, 4.69) is 4.72 Å². The molecule has 1 amide bonds. The molecule has 1 aromatic rings. The first kappa shape index (κ1) is 17.9. The van der Waals surface area contributed by atoms with Gasteiger partial charge < -0.3 is 10.6 Å². The maximum absolute atomic E-state index is 12.6. The van der Waals surface area contributed by atoms with Gasteiger partial charge in [0.2, 0.25) is 10.0 Å². The van der Waals surface area contributed by atoms with E-state index in [-0.39, 0.29) is 24.2 Å². The van der Waals surface area contributed by atoms with Crippen LogP contribution in [0.25, 0.3) is 0 Å². The molecule has 2 atom stereocenters. The van der Waals surface area contributed by atoms with Crippen molar-refractivity contribution >= 4 is 15.9 Å². The number of carbonyl (C=O) groups excluding carboxylic acids is 1. The highest BCUT2D eigenvalue weighted by atomic mass is 32.2. The number of rotatable bonds is 6. The van der Waals surface area contributed by atoms with Crippen LogP contribution in [0, 0.1) is 5.92 Å². The minimum atomic E-state index is -3.21. The van der Waals surface area contributed by atoms with Crippen molar-refractivity contribution in [1.82, 2.24) is 9.62 Å². The number of likely N-dealkylation sites (tertiary alicyclic amines) is 1. The van der Waals surface area contributed by atoms with Crippen LogP contribution in [0.3, 0.4) is 0 Å². The van der Waals surface area contributed by atoms with Crippen LogP contribution in [0.4, 0.5) is 0 Å². The molecule has 0 radical (unpaired) electrons. The molecule has 2 unspecified atom stereocenters. The van der Waals surface area contributed by atoms with Crippen molar-refractivity contribution in [2.24, 2.45) is 11.7 Å². The van der Waals surface area contributed by atoms with E-state index in [1.165, 1.54) is 0 Å². The molecule has 1 aliphatic heterocycles. The van der Waals surface area contributed by atoms with E-state index in [1.807, 2.05) is 11.8 Å². The molecule has 128 valence electrons. The third-order valence-electron chi connectivity index (χ3n) is 4.33. The van der Waals surface area contributed by atoms with Crippen molar-refractivity contribution in [3.8, 4) is 0 Å². The highest BCUT2D eigenvalue weighted by molar-refractivity contribution is 7.89. The van der Waals surface area contributed by atoms with Gasteiger partial charge in [0.15, 0.2) is 0 Å². The van der Waals surface area contributed by atoms with Crippen LogP contribution < -0.4 is 10.5 Å². The summed E-state index contributed by atoms with van der Waals surface area (Å²) in [6.45, 7) is 5.18. The molecule has 6 nitrogen and oxygen atoms in total. The summed E-state index contributed by atoms with van der Waals surface area (Å²) in [5, 5.41) is 0. The molecule has 1 fully saturated rings. The molecule has 1 heterocycles. The Balaban J connectivity index is 2.00. The van der Waals surface area contributed by atoms with Crippen molar-refractivity contribution in [3.63, 3.8) is 0 Å². The van der Waals surface area contributed by atoms with E-state index >= 15 is 0 Å². The standard InChI is InChI=1S/C16H25N3O3S/c1-3-23(21,22)18-10-13-4-6-15(7-5-13)16(20)19-11-14(9-17)8-12(19)2/h4-7,12,14,18H,3,8-11,17H2,1-2H3. The molecule has 1 aliphatic rings. The first-order valence-electron chi connectivity index (χ1n) is 7.93. The first-order valence-corrected chi connectivity index (χ1v) is 9.58. The minimum absolute atomic E-state index is 0.00846. The maximum atomic E-state index is 12.6. The number of benzene rings is 1. The van der Waals surface area contributed by atoms with Gasteiger partial charge in [-0.3, -0.25) is 4.79 Å². The van der Waals surface area contributed by atoms with E-state index in [4.69, 9.17) is 5.73 Å². The van der Waals surface area contributed by atoms with Crippen LogP contribution in [0.1, 0.15) is 36.2 Å². The van der Waals surface area contributed by atoms with Gasteiger partial charge in [0.1, 0.15) is 0 Å². The Kier molecular flexibility index (Phi) is 5.78. The first-order chi connectivity index (χ1) is 10.9. The van der Waals surface area contributed by atoms with Gasteiger partial charge in [-0.25, -0.2) is 13.1 Å². The smallest absolute Gasteiger partial charge is 0.254 e. The molecule has 3 N–H and O–H groups in total. The SMILES string of the molecule is CCS(=O)(=O)NCc1ccc(C(=O)N2CC(CN)CC2C)cc1. The zero-order valence-corrected chi connectivity index (χ0v) is 14.5. The largest absolute Gasteiger partial charge is 0.336 e. The maximum Gasteiger partial charge on any atom is 0.254 e. The quantitative estimate of drug-likeness (QED) is 0.806. The lowest BCUT2D eigenvalue weighted by atomic mass is 10.1. The Hall–Kier alpha value is -1.44. The average Bonchev–Trinajstić information content (AvgIpc) is 2.94. The van der Waals surface area contributed by atoms with Crippen LogP contribution >= 0.6 is 0 Å². The minimum Gasteiger partial charge on any atom is -0.336 e. The van der Waals surface area contributed by atoms with Gasteiger partial charge >= 0.3 is 0 Å². The third-order valence-corrected chi connectivity index (χ3v) is 5.68. The monoisotopic (exact) mass is 339 g/mol. The number of hydrogen-bond acceptors (Lipinski definition) is 4. The molecule has 0 aromatic heterocycles. The van der Waals surface area contributed by atoms with Crippen LogP contribution in [0.15, 0.2) is 24.3 Å². The highest BCUT2D eigenvalue weighted by Crippen LogP contribution is 2.24. The molecular formula is C16H25N3O3S. The Morgan fingerprint density at radius 1 is 1.35 bits per heavy atom. The lowest BCUT2D eigenvalue weighted by Gasteiger charge is -2.21. The number of nitrogens with one attached hydrogen (secondary N) is 1. The molecule has 2 rings (SSSR count). The van der Waals surface area contributed by atoms with Gasteiger partial charge in [0.05, 0.1) is 5.75 Å². The Labute approximate surface area is 138 Å².